The van der Waals surface area contributed by atoms with Crippen molar-refractivity contribution in [3.05, 3.63) is 64.8 Å². The average molecular weight is 422 g/mol. The van der Waals surface area contributed by atoms with Crippen molar-refractivity contribution >= 4 is 29.3 Å². The van der Waals surface area contributed by atoms with Crippen LogP contribution in [0.4, 0.5) is 4.39 Å². The fraction of sp³-hybridized carbons (Fsp3) is 0.211. The summed E-state index contributed by atoms with van der Waals surface area (Å²) in [6, 6.07) is 11.7. The molecule has 9 heteroatoms. The van der Waals surface area contributed by atoms with Gasteiger partial charge < -0.3 is 14.6 Å². The summed E-state index contributed by atoms with van der Waals surface area (Å²) < 4.78 is 24.0. The van der Waals surface area contributed by atoms with Gasteiger partial charge in [0, 0.05) is 21.9 Å². The average Bonchev–Trinajstić information content (AvgIpc) is 3.18. The van der Waals surface area contributed by atoms with Gasteiger partial charge in [-0.05, 0) is 36.4 Å². The number of hydrogen-bond acceptors (Lipinski definition) is 6. The Morgan fingerprint density at radius 3 is 2.79 bits per heavy atom. The van der Waals surface area contributed by atoms with E-state index in [9.17, 15) is 9.18 Å². The number of carbonyl (C=O) groups excluding carboxylic acids is 1. The van der Waals surface area contributed by atoms with Crippen LogP contribution in [0.1, 0.15) is 11.5 Å². The van der Waals surface area contributed by atoms with Crippen LogP contribution in [0.15, 0.2) is 47.0 Å². The molecule has 1 N–H and O–H groups in total. The molecular formula is C19H17ClFN3O3S. The summed E-state index contributed by atoms with van der Waals surface area (Å²) in [6.45, 7) is 0.114. The molecule has 3 rings (SSSR count). The van der Waals surface area contributed by atoms with Crippen molar-refractivity contribution in [1.29, 1.82) is 0 Å². The van der Waals surface area contributed by atoms with Crippen molar-refractivity contribution in [3.8, 4) is 17.1 Å². The number of carbonyl (C=O) groups is 1. The third kappa shape index (κ3) is 5.24. The third-order valence-electron chi connectivity index (χ3n) is 3.79. The largest absolute Gasteiger partial charge is 0.497 e. The first-order valence-electron chi connectivity index (χ1n) is 8.31. The lowest BCUT2D eigenvalue weighted by atomic mass is 10.2. The van der Waals surface area contributed by atoms with E-state index in [4.69, 9.17) is 20.9 Å². The lowest BCUT2D eigenvalue weighted by Crippen LogP contribution is -2.24. The number of halogens is 2. The number of nitrogens with one attached hydrogen (secondary N) is 1. The third-order valence-corrected chi connectivity index (χ3v) is 5.11. The predicted octanol–water partition coefficient (Wildman–Crippen LogP) is 4.09. The van der Waals surface area contributed by atoms with Crippen molar-refractivity contribution in [2.45, 2.75) is 12.3 Å². The number of hydrogen-bond donors (Lipinski definition) is 1. The summed E-state index contributed by atoms with van der Waals surface area (Å²) in [4.78, 5) is 16.2. The molecule has 28 heavy (non-hydrogen) atoms. The lowest BCUT2D eigenvalue weighted by molar-refractivity contribution is -0.118. The molecule has 3 aromatic rings. The highest BCUT2D eigenvalue weighted by atomic mass is 35.5. The SMILES string of the molecule is COc1ccc(-c2noc(CNC(=O)CSCc3c(F)cccc3Cl)n2)cc1. The first-order chi connectivity index (χ1) is 13.6. The number of methoxy groups -OCH3 is 1. The monoisotopic (exact) mass is 421 g/mol. The maximum atomic E-state index is 13.7. The van der Waals surface area contributed by atoms with Gasteiger partial charge in [-0.25, -0.2) is 4.39 Å². The molecule has 0 atom stereocenters. The van der Waals surface area contributed by atoms with E-state index in [1.165, 1.54) is 17.8 Å². The molecule has 0 aliphatic rings. The molecule has 0 aliphatic carbocycles. The van der Waals surface area contributed by atoms with Gasteiger partial charge in [0.1, 0.15) is 11.6 Å². The quantitative estimate of drug-likeness (QED) is 0.590. The molecule has 1 amide bonds. The Morgan fingerprint density at radius 2 is 2.07 bits per heavy atom. The smallest absolute Gasteiger partial charge is 0.246 e. The van der Waals surface area contributed by atoms with E-state index in [2.05, 4.69) is 15.5 Å². The molecule has 0 bridgehead atoms. The maximum Gasteiger partial charge on any atom is 0.246 e. The molecule has 1 aromatic heterocycles. The van der Waals surface area contributed by atoms with E-state index >= 15 is 0 Å². The van der Waals surface area contributed by atoms with Gasteiger partial charge in [0.05, 0.1) is 19.4 Å². The number of rotatable bonds is 8. The summed E-state index contributed by atoms with van der Waals surface area (Å²) in [5.74, 6) is 1.32. The second-order valence-electron chi connectivity index (χ2n) is 5.71. The standard InChI is InChI=1S/C19H17ClFN3O3S/c1-26-13-7-5-12(6-8-13)19-23-18(27-24-19)9-22-17(25)11-28-10-14-15(20)3-2-4-16(14)21/h2-8H,9-11H2,1H3,(H,22,25). The number of benzene rings is 2. The highest BCUT2D eigenvalue weighted by molar-refractivity contribution is 7.99. The summed E-state index contributed by atoms with van der Waals surface area (Å²) >= 11 is 7.24. The Labute approximate surface area is 170 Å². The van der Waals surface area contributed by atoms with E-state index in [0.717, 1.165) is 11.3 Å². The lowest BCUT2D eigenvalue weighted by Gasteiger charge is -2.06. The van der Waals surface area contributed by atoms with Gasteiger partial charge in [-0.1, -0.05) is 22.8 Å². The van der Waals surface area contributed by atoms with E-state index in [1.807, 2.05) is 12.1 Å². The molecule has 1 heterocycles. The fourth-order valence-corrected chi connectivity index (χ4v) is 3.52. The Hall–Kier alpha value is -2.58. The molecule has 0 saturated heterocycles. The number of aromatic nitrogens is 2. The van der Waals surface area contributed by atoms with E-state index in [-0.39, 0.29) is 24.0 Å². The van der Waals surface area contributed by atoms with Gasteiger partial charge in [0.25, 0.3) is 0 Å². The molecule has 146 valence electrons. The molecule has 6 nitrogen and oxygen atoms in total. The van der Waals surface area contributed by atoms with Crippen LogP contribution < -0.4 is 10.1 Å². The molecule has 0 fully saturated rings. The Morgan fingerprint density at radius 1 is 1.29 bits per heavy atom. The van der Waals surface area contributed by atoms with Crippen LogP contribution in [0, 0.1) is 5.82 Å². The van der Waals surface area contributed by atoms with Crippen LogP contribution in [0.5, 0.6) is 5.75 Å². The Balaban J connectivity index is 1.46. The zero-order chi connectivity index (χ0) is 19.9. The maximum absolute atomic E-state index is 13.7. The van der Waals surface area contributed by atoms with Gasteiger partial charge in [-0.2, -0.15) is 4.98 Å². The number of thioether (sulfide) groups is 1. The molecule has 0 saturated carbocycles. The first kappa shape index (κ1) is 20.2. The number of nitrogens with zero attached hydrogens (tertiary/aromatic N) is 2. The van der Waals surface area contributed by atoms with Crippen molar-refractivity contribution in [2.24, 2.45) is 0 Å². The fourth-order valence-electron chi connectivity index (χ4n) is 2.33. The minimum Gasteiger partial charge on any atom is -0.497 e. The topological polar surface area (TPSA) is 77.3 Å². The second kappa shape index (κ2) is 9.57. The van der Waals surface area contributed by atoms with Gasteiger partial charge in [0.15, 0.2) is 0 Å². The Bertz CT molecular complexity index is 930. The van der Waals surface area contributed by atoms with Gasteiger partial charge in [0.2, 0.25) is 17.6 Å². The molecule has 0 spiro atoms. The molecule has 0 unspecified atom stereocenters. The van der Waals surface area contributed by atoms with Crippen LogP contribution in [-0.2, 0) is 17.1 Å². The van der Waals surface area contributed by atoms with Crippen molar-refractivity contribution in [1.82, 2.24) is 15.5 Å². The van der Waals surface area contributed by atoms with Crippen molar-refractivity contribution < 1.29 is 18.4 Å². The predicted molar refractivity (Wildman–Crippen MR) is 106 cm³/mol. The van der Waals surface area contributed by atoms with Crippen molar-refractivity contribution in [2.75, 3.05) is 12.9 Å². The minimum absolute atomic E-state index is 0.114. The van der Waals surface area contributed by atoms with Crippen LogP contribution in [-0.4, -0.2) is 28.9 Å². The van der Waals surface area contributed by atoms with Gasteiger partial charge in [-0.3, -0.25) is 4.79 Å². The zero-order valence-electron chi connectivity index (χ0n) is 14.9. The second-order valence-corrected chi connectivity index (χ2v) is 7.10. The summed E-state index contributed by atoms with van der Waals surface area (Å²) in [6.07, 6.45) is 0. The summed E-state index contributed by atoms with van der Waals surface area (Å²) in [5.41, 5.74) is 1.17. The van der Waals surface area contributed by atoms with E-state index in [1.54, 1.807) is 31.4 Å². The highest BCUT2D eigenvalue weighted by Gasteiger charge is 2.11. The van der Waals surface area contributed by atoms with Crippen LogP contribution in [0.3, 0.4) is 0 Å². The number of ether oxygens (including phenoxy) is 1. The summed E-state index contributed by atoms with van der Waals surface area (Å²) in [5, 5.41) is 6.95. The molecule has 0 radical (unpaired) electrons. The minimum atomic E-state index is -0.377. The molecule has 0 aliphatic heterocycles. The van der Waals surface area contributed by atoms with Gasteiger partial charge in [-0.15, -0.1) is 11.8 Å². The van der Waals surface area contributed by atoms with Crippen LogP contribution >= 0.6 is 23.4 Å². The van der Waals surface area contributed by atoms with Gasteiger partial charge >= 0.3 is 0 Å². The first-order valence-corrected chi connectivity index (χ1v) is 9.84. The highest BCUT2D eigenvalue weighted by Crippen LogP contribution is 2.24. The van der Waals surface area contributed by atoms with E-state index < -0.39 is 0 Å². The molecule has 2 aromatic carbocycles. The Kier molecular flexibility index (Phi) is 6.89. The van der Waals surface area contributed by atoms with E-state index in [0.29, 0.717) is 28.1 Å². The van der Waals surface area contributed by atoms with Crippen LogP contribution in [0.2, 0.25) is 5.02 Å². The molecular weight excluding hydrogens is 405 g/mol. The zero-order valence-corrected chi connectivity index (χ0v) is 16.5. The number of amides is 1. The summed E-state index contributed by atoms with van der Waals surface area (Å²) in [7, 11) is 1.59. The van der Waals surface area contributed by atoms with Crippen molar-refractivity contribution in [3.63, 3.8) is 0 Å². The van der Waals surface area contributed by atoms with Crippen LogP contribution in [0.25, 0.3) is 11.4 Å². The normalized spacial score (nSPS) is 10.7.